The number of hydrogen-bond donors (Lipinski definition) is 8. The van der Waals surface area contributed by atoms with Gasteiger partial charge in [0.2, 0.25) is 0 Å². The topological polar surface area (TPSA) is 298 Å². The van der Waals surface area contributed by atoms with Crippen LogP contribution in [-0.4, -0.2) is 88.6 Å². The maximum absolute atomic E-state index is 9.37. The molecule has 0 aromatic carbocycles. The molecule has 0 aliphatic carbocycles. The third kappa shape index (κ3) is 67.8. The standard InChI is InChI=1S/2C3H6O2.3C2H2O4/c2*1-2-3(4)5;3*3-1(4)2(5)6/h2*2H2,1H3,(H,4,5);3*(H,3,4)(H,5,6). The Bertz CT molecular complexity index is 453. The molecule has 16 nitrogen and oxygen atoms in total. The quantitative estimate of drug-likeness (QED) is 0.235. The molecule has 0 aromatic heterocycles. The maximum Gasteiger partial charge on any atom is 0.414 e. The van der Waals surface area contributed by atoms with E-state index in [1.807, 2.05) is 0 Å². The van der Waals surface area contributed by atoms with Gasteiger partial charge in [0, 0.05) is 12.8 Å². The second kappa shape index (κ2) is 22.8. The van der Waals surface area contributed by atoms with Crippen molar-refractivity contribution >= 4 is 47.8 Å². The lowest BCUT2D eigenvalue weighted by Crippen LogP contribution is -2.09. The van der Waals surface area contributed by atoms with Gasteiger partial charge in [-0.1, -0.05) is 13.8 Å². The highest BCUT2D eigenvalue weighted by atomic mass is 16.5. The molecule has 0 rings (SSSR count). The summed E-state index contributed by atoms with van der Waals surface area (Å²) in [6, 6.07) is 0. The lowest BCUT2D eigenvalue weighted by molar-refractivity contribution is -0.159. The van der Waals surface area contributed by atoms with Gasteiger partial charge in [-0.2, -0.15) is 0 Å². The van der Waals surface area contributed by atoms with Crippen LogP contribution in [-0.2, 0) is 38.4 Å². The van der Waals surface area contributed by atoms with E-state index in [1.165, 1.54) is 0 Å². The zero-order chi connectivity index (χ0) is 24.0. The summed E-state index contributed by atoms with van der Waals surface area (Å²) >= 11 is 0. The van der Waals surface area contributed by atoms with E-state index >= 15 is 0 Å². The molecule has 0 saturated carbocycles. The minimum absolute atomic E-state index is 0.222. The normalized spacial score (nSPS) is 7.36. The summed E-state index contributed by atoms with van der Waals surface area (Å²) in [5.41, 5.74) is 0. The third-order valence-electron chi connectivity index (χ3n) is 1.15. The van der Waals surface area contributed by atoms with E-state index in [2.05, 4.69) is 0 Å². The van der Waals surface area contributed by atoms with Gasteiger partial charge in [0.15, 0.2) is 0 Å². The van der Waals surface area contributed by atoms with Crippen molar-refractivity contribution in [3.05, 3.63) is 0 Å². The molecule has 0 atom stereocenters. The van der Waals surface area contributed by atoms with Gasteiger partial charge >= 0.3 is 47.8 Å². The average Bonchev–Trinajstić information content (AvgIpc) is 2.56. The molecule has 0 amide bonds. The lowest BCUT2D eigenvalue weighted by atomic mass is 10.5. The van der Waals surface area contributed by atoms with Crippen LogP contribution in [0.5, 0.6) is 0 Å². The molecule has 0 spiro atoms. The number of carbonyl (C=O) groups is 8. The summed E-state index contributed by atoms with van der Waals surface area (Å²) in [7, 11) is 0. The second-order valence-corrected chi connectivity index (χ2v) is 3.33. The minimum atomic E-state index is -1.82. The van der Waals surface area contributed by atoms with E-state index in [1.54, 1.807) is 13.8 Å². The molecule has 0 bridgehead atoms. The maximum atomic E-state index is 9.37. The molecule has 16 heteroatoms. The van der Waals surface area contributed by atoms with E-state index in [9.17, 15) is 9.59 Å². The number of aliphatic carboxylic acids is 8. The van der Waals surface area contributed by atoms with Gasteiger partial charge in [-0.25, -0.2) is 28.8 Å². The first-order valence-electron chi connectivity index (χ1n) is 6.29. The van der Waals surface area contributed by atoms with Crippen molar-refractivity contribution < 1.29 is 79.2 Å². The second-order valence-electron chi connectivity index (χ2n) is 3.33. The van der Waals surface area contributed by atoms with Crippen LogP contribution in [0.3, 0.4) is 0 Å². The van der Waals surface area contributed by atoms with E-state index < -0.39 is 47.8 Å². The van der Waals surface area contributed by atoms with Crippen molar-refractivity contribution in [3.63, 3.8) is 0 Å². The predicted octanol–water partition coefficient (Wildman–Crippen LogP) is -1.57. The molecule has 162 valence electrons. The molecule has 0 fully saturated rings. The third-order valence-corrected chi connectivity index (χ3v) is 1.15. The van der Waals surface area contributed by atoms with Gasteiger partial charge in [-0.15, -0.1) is 0 Å². The molecule has 8 N–H and O–H groups in total. The highest BCUT2D eigenvalue weighted by molar-refractivity contribution is 6.28. The molecule has 0 aromatic rings. The molecule has 0 unspecified atom stereocenters. The Hall–Kier alpha value is -4.24. The number of carboxylic acid groups (broad SMARTS) is 8. The Morgan fingerprint density at radius 1 is 0.393 bits per heavy atom. The Morgan fingerprint density at radius 2 is 0.464 bits per heavy atom. The van der Waals surface area contributed by atoms with Crippen LogP contribution < -0.4 is 0 Å². The van der Waals surface area contributed by atoms with Crippen LogP contribution in [0, 0.1) is 0 Å². The molecule has 0 heterocycles. The van der Waals surface area contributed by atoms with Crippen LogP contribution in [0.4, 0.5) is 0 Å². The van der Waals surface area contributed by atoms with Crippen molar-refractivity contribution in [3.8, 4) is 0 Å². The first kappa shape index (κ1) is 35.0. The molecule has 0 aliphatic heterocycles. The fourth-order valence-corrected chi connectivity index (χ4v) is 0. The van der Waals surface area contributed by atoms with E-state index in [4.69, 9.17) is 69.6 Å². The Balaban J connectivity index is -0.0000000789. The van der Waals surface area contributed by atoms with Crippen molar-refractivity contribution in [1.82, 2.24) is 0 Å². The smallest absolute Gasteiger partial charge is 0.414 e. The Labute approximate surface area is 154 Å². The van der Waals surface area contributed by atoms with Crippen molar-refractivity contribution in [2.45, 2.75) is 26.7 Å². The fourth-order valence-electron chi connectivity index (χ4n) is 0. The van der Waals surface area contributed by atoms with Crippen LogP contribution in [0.15, 0.2) is 0 Å². The lowest BCUT2D eigenvalue weighted by Gasteiger charge is -1.72. The predicted molar refractivity (Wildman–Crippen MR) is 81.7 cm³/mol. The molecule has 28 heavy (non-hydrogen) atoms. The van der Waals surface area contributed by atoms with Crippen LogP contribution in [0.25, 0.3) is 0 Å². The summed E-state index contributed by atoms with van der Waals surface area (Å²) in [4.78, 5) is 73.3. The number of rotatable bonds is 2. The van der Waals surface area contributed by atoms with E-state index in [0.717, 1.165) is 0 Å². The van der Waals surface area contributed by atoms with Crippen molar-refractivity contribution in [1.29, 1.82) is 0 Å². The number of carboxylic acids is 8. The van der Waals surface area contributed by atoms with Gasteiger partial charge in [0.05, 0.1) is 0 Å². The van der Waals surface area contributed by atoms with Gasteiger partial charge in [-0.05, 0) is 0 Å². The van der Waals surface area contributed by atoms with Crippen molar-refractivity contribution in [2.75, 3.05) is 0 Å². The van der Waals surface area contributed by atoms with Crippen LogP contribution in [0.1, 0.15) is 26.7 Å². The fraction of sp³-hybridized carbons (Fsp3) is 0.333. The van der Waals surface area contributed by atoms with Gasteiger partial charge in [0.1, 0.15) is 0 Å². The van der Waals surface area contributed by atoms with Gasteiger partial charge < -0.3 is 40.9 Å². The van der Waals surface area contributed by atoms with Gasteiger partial charge in [-0.3, -0.25) is 9.59 Å². The minimum Gasteiger partial charge on any atom is -0.481 e. The zero-order valence-corrected chi connectivity index (χ0v) is 14.3. The Kier molecular flexibility index (Phi) is 28.4. The molecular weight excluding hydrogens is 400 g/mol. The largest absolute Gasteiger partial charge is 0.481 e. The summed E-state index contributed by atoms with van der Waals surface area (Å²) in [6.07, 6.45) is 0.444. The van der Waals surface area contributed by atoms with E-state index in [-0.39, 0.29) is 12.8 Å². The first-order valence-corrected chi connectivity index (χ1v) is 6.29. The molecule has 0 radical (unpaired) electrons. The summed E-state index contributed by atoms with van der Waals surface area (Å²) in [6.45, 7) is 3.20. The highest BCUT2D eigenvalue weighted by Gasteiger charge is 2.05. The van der Waals surface area contributed by atoms with E-state index in [0.29, 0.717) is 0 Å². The summed E-state index contributed by atoms with van der Waals surface area (Å²) < 4.78 is 0. The monoisotopic (exact) mass is 418 g/mol. The Morgan fingerprint density at radius 3 is 0.464 bits per heavy atom. The van der Waals surface area contributed by atoms with Crippen molar-refractivity contribution in [2.24, 2.45) is 0 Å². The molecule has 0 saturated heterocycles. The SMILES string of the molecule is CCC(=O)O.CCC(=O)O.O=C(O)C(=O)O.O=C(O)C(=O)O.O=C(O)C(=O)O. The molecular formula is C12H18O16. The summed E-state index contributed by atoms with van der Waals surface area (Å²) in [5.74, 6) is -12.4. The summed E-state index contributed by atoms with van der Waals surface area (Å²) in [5, 5.41) is 59.8. The first-order chi connectivity index (χ1) is 12.5. The molecule has 0 aliphatic rings. The van der Waals surface area contributed by atoms with Crippen LogP contribution >= 0.6 is 0 Å². The number of hydrogen-bond acceptors (Lipinski definition) is 8. The van der Waals surface area contributed by atoms with Crippen LogP contribution in [0.2, 0.25) is 0 Å². The zero-order valence-electron chi connectivity index (χ0n) is 14.3. The average molecular weight is 418 g/mol. The highest BCUT2D eigenvalue weighted by Crippen LogP contribution is 1.67. The van der Waals surface area contributed by atoms with Gasteiger partial charge in [0.25, 0.3) is 0 Å².